The molecule has 2 aliphatic heterocycles. The Morgan fingerprint density at radius 2 is 2.00 bits per heavy atom. The van der Waals surface area contributed by atoms with E-state index >= 15 is 0 Å². The lowest BCUT2D eigenvalue weighted by atomic mass is 10.1. The Kier molecular flexibility index (Phi) is 5.26. The minimum absolute atomic E-state index is 0.156. The van der Waals surface area contributed by atoms with Crippen LogP contribution in [0.4, 0.5) is 4.79 Å². The molecule has 6 heteroatoms. The number of rotatable bonds is 4. The monoisotopic (exact) mass is 394 g/mol. The third kappa shape index (κ3) is 4.25. The molecule has 0 aliphatic carbocycles. The molecule has 0 saturated carbocycles. The molecule has 154 valence electrons. The quantitative estimate of drug-likeness (QED) is 0.849. The van der Waals surface area contributed by atoms with Gasteiger partial charge in [-0.1, -0.05) is 0 Å². The van der Waals surface area contributed by atoms with Crippen LogP contribution in [0.2, 0.25) is 0 Å². The zero-order valence-corrected chi connectivity index (χ0v) is 17.6. The van der Waals surface area contributed by atoms with Crippen LogP contribution in [-0.4, -0.2) is 58.2 Å². The number of carbonyl (C=O) groups excluding carboxylic acids is 1. The van der Waals surface area contributed by atoms with E-state index in [9.17, 15) is 4.79 Å². The number of aromatic amines is 1. The molecule has 2 unspecified atom stereocenters. The molecule has 2 bridgehead atoms. The molecular formula is C23H30N4O2. The number of ether oxygens (including phenoxy) is 1. The lowest BCUT2D eigenvalue weighted by Gasteiger charge is -2.41. The van der Waals surface area contributed by atoms with Gasteiger partial charge >= 0.3 is 6.09 Å². The van der Waals surface area contributed by atoms with Crippen LogP contribution in [0.5, 0.6) is 0 Å². The van der Waals surface area contributed by atoms with Crippen molar-refractivity contribution in [2.75, 3.05) is 19.6 Å². The van der Waals surface area contributed by atoms with Crippen molar-refractivity contribution in [1.82, 2.24) is 14.8 Å². The highest BCUT2D eigenvalue weighted by Crippen LogP contribution is 2.32. The number of H-pyrrole nitrogens is 1. The average Bonchev–Trinajstić information content (AvgIpc) is 3.18. The fraction of sp³-hybridized carbons (Fsp3) is 0.565. The van der Waals surface area contributed by atoms with Crippen molar-refractivity contribution in [2.24, 2.45) is 0 Å². The van der Waals surface area contributed by atoms with Crippen LogP contribution < -0.4 is 0 Å². The number of carbonyl (C=O) groups is 1. The number of likely N-dealkylation sites (tertiary alicyclic amines) is 1. The second-order valence-electron chi connectivity index (χ2n) is 9.32. The largest absolute Gasteiger partial charge is 0.444 e. The van der Waals surface area contributed by atoms with Gasteiger partial charge in [0.15, 0.2) is 0 Å². The third-order valence-electron chi connectivity index (χ3n) is 5.98. The number of amides is 1. The highest BCUT2D eigenvalue weighted by molar-refractivity contribution is 5.84. The number of fused-ring (bicyclic) bond motifs is 3. The lowest BCUT2D eigenvalue weighted by Crippen LogP contribution is -2.56. The summed E-state index contributed by atoms with van der Waals surface area (Å²) in [5, 5.41) is 10.3. The maximum Gasteiger partial charge on any atom is 0.410 e. The minimum atomic E-state index is -0.446. The molecular weight excluding hydrogens is 364 g/mol. The Morgan fingerprint density at radius 3 is 2.66 bits per heavy atom. The maximum absolute atomic E-state index is 12.6. The van der Waals surface area contributed by atoms with Crippen molar-refractivity contribution < 1.29 is 9.53 Å². The van der Waals surface area contributed by atoms with Crippen LogP contribution in [0.1, 0.15) is 51.2 Å². The fourth-order valence-corrected chi connectivity index (χ4v) is 4.73. The van der Waals surface area contributed by atoms with Gasteiger partial charge in [0.1, 0.15) is 5.60 Å². The molecule has 1 amide bonds. The third-order valence-corrected chi connectivity index (χ3v) is 5.98. The van der Waals surface area contributed by atoms with Gasteiger partial charge in [-0.15, -0.1) is 0 Å². The summed E-state index contributed by atoms with van der Waals surface area (Å²) in [5.74, 6) is 0. The Hall–Kier alpha value is -2.52. The molecule has 1 N–H and O–H groups in total. The van der Waals surface area contributed by atoms with Crippen molar-refractivity contribution in [2.45, 2.75) is 64.1 Å². The van der Waals surface area contributed by atoms with Crippen LogP contribution in [0, 0.1) is 11.3 Å². The molecule has 1 aromatic heterocycles. The van der Waals surface area contributed by atoms with Crippen molar-refractivity contribution in [3.8, 4) is 6.07 Å². The zero-order chi connectivity index (χ0) is 20.6. The smallest absolute Gasteiger partial charge is 0.410 e. The number of nitriles is 1. The van der Waals surface area contributed by atoms with E-state index in [4.69, 9.17) is 10.00 Å². The summed E-state index contributed by atoms with van der Waals surface area (Å²) in [6.45, 7) is 8.66. The number of aromatic nitrogens is 1. The standard InChI is InChI=1S/C23H30N4O2/c1-23(2,3)29-22(28)27-18-7-8-19(27)15-26(14-18)10-4-5-17-13-25-21-9-6-16(12-24)11-20(17)21/h6,9,11,13,18-19,25H,4-5,7-8,10,14-15H2,1-3H3. The van der Waals surface area contributed by atoms with Gasteiger partial charge in [0.05, 0.1) is 11.6 Å². The Labute approximate surface area is 172 Å². The van der Waals surface area contributed by atoms with Gasteiger partial charge in [-0.05, 0) is 76.8 Å². The summed E-state index contributed by atoms with van der Waals surface area (Å²) in [6.07, 6.45) is 6.10. The molecule has 2 fully saturated rings. The van der Waals surface area contributed by atoms with Crippen LogP contribution >= 0.6 is 0 Å². The van der Waals surface area contributed by atoms with Gasteiger partial charge in [-0.3, -0.25) is 9.80 Å². The highest BCUT2D eigenvalue weighted by Gasteiger charge is 2.43. The Morgan fingerprint density at radius 1 is 1.28 bits per heavy atom. The van der Waals surface area contributed by atoms with Crippen molar-refractivity contribution in [3.05, 3.63) is 35.5 Å². The fourth-order valence-electron chi connectivity index (χ4n) is 4.73. The molecule has 2 aromatic rings. The van der Waals surface area contributed by atoms with E-state index in [0.29, 0.717) is 5.56 Å². The normalized spacial score (nSPS) is 22.1. The van der Waals surface area contributed by atoms with Gasteiger partial charge in [0.25, 0.3) is 0 Å². The first-order valence-corrected chi connectivity index (χ1v) is 10.6. The topological polar surface area (TPSA) is 72.4 Å². The number of piperazine rings is 1. The van der Waals surface area contributed by atoms with Crippen molar-refractivity contribution >= 4 is 17.0 Å². The first kappa shape index (κ1) is 19.8. The SMILES string of the molecule is CC(C)(C)OC(=O)N1C2CCC1CN(CCCc1c[nH]c3ccc(C#N)cc13)C2. The Balaban J connectivity index is 1.33. The second kappa shape index (κ2) is 7.72. The summed E-state index contributed by atoms with van der Waals surface area (Å²) in [7, 11) is 0. The molecule has 2 saturated heterocycles. The maximum atomic E-state index is 12.6. The molecule has 2 aliphatic rings. The van der Waals surface area contributed by atoms with Gasteiger partial charge in [0.2, 0.25) is 0 Å². The van der Waals surface area contributed by atoms with Crippen LogP contribution in [0.15, 0.2) is 24.4 Å². The van der Waals surface area contributed by atoms with Gasteiger partial charge in [-0.2, -0.15) is 5.26 Å². The molecule has 3 heterocycles. The molecule has 1 aromatic carbocycles. The van der Waals surface area contributed by atoms with Crippen LogP contribution in [-0.2, 0) is 11.2 Å². The van der Waals surface area contributed by atoms with E-state index in [2.05, 4.69) is 22.1 Å². The number of aryl methyl sites for hydroxylation is 1. The molecule has 0 radical (unpaired) electrons. The van der Waals surface area contributed by atoms with E-state index in [0.717, 1.165) is 56.2 Å². The van der Waals surface area contributed by atoms with E-state index in [1.54, 1.807) is 0 Å². The Bertz CT molecular complexity index is 922. The van der Waals surface area contributed by atoms with Crippen LogP contribution in [0.25, 0.3) is 10.9 Å². The van der Waals surface area contributed by atoms with E-state index in [1.807, 2.05) is 43.9 Å². The number of nitrogens with one attached hydrogen (secondary N) is 1. The van der Waals surface area contributed by atoms with Crippen LogP contribution in [0.3, 0.4) is 0 Å². The number of hydrogen-bond donors (Lipinski definition) is 1. The highest BCUT2D eigenvalue weighted by atomic mass is 16.6. The minimum Gasteiger partial charge on any atom is -0.444 e. The first-order chi connectivity index (χ1) is 13.8. The summed E-state index contributed by atoms with van der Waals surface area (Å²) in [5.41, 5.74) is 2.61. The predicted molar refractivity (Wildman–Crippen MR) is 113 cm³/mol. The lowest BCUT2D eigenvalue weighted by molar-refractivity contribution is -0.00443. The zero-order valence-electron chi connectivity index (χ0n) is 17.6. The average molecular weight is 395 g/mol. The summed E-state index contributed by atoms with van der Waals surface area (Å²) in [4.78, 5) is 20.4. The molecule has 0 spiro atoms. The first-order valence-electron chi connectivity index (χ1n) is 10.6. The van der Waals surface area contributed by atoms with E-state index < -0.39 is 5.60 Å². The molecule has 29 heavy (non-hydrogen) atoms. The predicted octanol–water partition coefficient (Wildman–Crippen LogP) is 4.06. The van der Waals surface area contributed by atoms with Crippen molar-refractivity contribution in [3.63, 3.8) is 0 Å². The molecule has 4 rings (SSSR count). The number of hydrogen-bond acceptors (Lipinski definition) is 4. The summed E-state index contributed by atoms with van der Waals surface area (Å²) in [6, 6.07) is 8.57. The number of benzene rings is 1. The summed E-state index contributed by atoms with van der Waals surface area (Å²) < 4.78 is 5.63. The summed E-state index contributed by atoms with van der Waals surface area (Å²) >= 11 is 0. The second-order valence-corrected chi connectivity index (χ2v) is 9.32. The molecule has 6 nitrogen and oxygen atoms in total. The van der Waals surface area contributed by atoms with E-state index in [-0.39, 0.29) is 18.2 Å². The van der Waals surface area contributed by atoms with Gasteiger partial charge < -0.3 is 9.72 Å². The number of nitrogens with zero attached hydrogens (tertiary/aromatic N) is 3. The van der Waals surface area contributed by atoms with E-state index in [1.165, 1.54) is 5.56 Å². The van der Waals surface area contributed by atoms with Gasteiger partial charge in [0, 0.05) is 42.3 Å². The van der Waals surface area contributed by atoms with Crippen molar-refractivity contribution in [1.29, 1.82) is 5.26 Å². The van der Waals surface area contributed by atoms with Gasteiger partial charge in [-0.25, -0.2) is 4.79 Å². The molecule has 2 atom stereocenters.